The number of nitrogens with zero attached hydrogens (tertiary/aromatic N) is 1. The molecule has 0 aliphatic heterocycles. The molecule has 80 valence electrons. The molecule has 1 unspecified atom stereocenters. The van der Waals surface area contributed by atoms with Crippen LogP contribution in [0.3, 0.4) is 0 Å². The van der Waals surface area contributed by atoms with E-state index in [0.29, 0.717) is 6.42 Å². The maximum Gasteiger partial charge on any atom is 0.320 e. The quantitative estimate of drug-likeness (QED) is 0.726. The monoisotopic (exact) mass is 206 g/mol. The summed E-state index contributed by atoms with van der Waals surface area (Å²) in [5, 5.41) is 17.4. The van der Waals surface area contributed by atoms with Crippen molar-refractivity contribution in [2.24, 2.45) is 11.7 Å². The molecule has 0 spiro atoms. The molecule has 0 fully saturated rings. The second-order valence-electron chi connectivity index (χ2n) is 3.81. The minimum Gasteiger partial charge on any atom is -0.480 e. The van der Waals surface area contributed by atoms with Gasteiger partial charge in [0.05, 0.1) is 6.07 Å². The Balaban J connectivity index is 2.68. The summed E-state index contributed by atoms with van der Waals surface area (Å²) in [5.74, 6) is -0.824. The third kappa shape index (κ3) is 2.93. The molecule has 1 rings (SSSR count). The molecular formula is C11H14N2O2. The van der Waals surface area contributed by atoms with Crippen LogP contribution in [0.5, 0.6) is 0 Å². The maximum atomic E-state index is 10.6. The number of carbonyl (C=O) groups is 1. The Morgan fingerprint density at radius 1 is 1.80 bits per heavy atom. The Bertz CT molecular complexity index is 363. The number of allylic oxidation sites excluding steroid dienone is 3. The molecule has 0 saturated heterocycles. The minimum absolute atomic E-state index is 0.163. The van der Waals surface area contributed by atoms with Crippen molar-refractivity contribution < 1.29 is 9.90 Å². The fourth-order valence-corrected chi connectivity index (χ4v) is 1.61. The zero-order valence-corrected chi connectivity index (χ0v) is 8.60. The summed E-state index contributed by atoms with van der Waals surface area (Å²) in [6, 6.07) is 1.27. The first-order chi connectivity index (χ1) is 7.04. The van der Waals surface area contributed by atoms with Crippen LogP contribution in [0.25, 0.3) is 0 Å². The molecule has 0 amide bonds. The maximum absolute atomic E-state index is 10.6. The number of nitriles is 1. The predicted molar refractivity (Wildman–Crippen MR) is 55.8 cm³/mol. The summed E-state index contributed by atoms with van der Waals surface area (Å²) in [7, 11) is 0. The highest BCUT2D eigenvalue weighted by Crippen LogP contribution is 2.26. The highest BCUT2D eigenvalue weighted by Gasteiger charge is 2.19. The van der Waals surface area contributed by atoms with Gasteiger partial charge < -0.3 is 10.8 Å². The molecule has 0 aromatic carbocycles. The summed E-state index contributed by atoms with van der Waals surface area (Å²) in [5.41, 5.74) is 7.17. The predicted octanol–water partition coefficient (Wildman–Crippen LogP) is 1.20. The largest absolute Gasteiger partial charge is 0.480 e. The van der Waals surface area contributed by atoms with E-state index in [1.807, 2.05) is 6.92 Å². The van der Waals surface area contributed by atoms with Gasteiger partial charge in [-0.25, -0.2) is 0 Å². The number of rotatable bonds is 3. The normalized spacial score (nSPS) is 22.3. The molecule has 1 aliphatic carbocycles. The zero-order valence-electron chi connectivity index (χ0n) is 8.60. The van der Waals surface area contributed by atoms with Crippen LogP contribution in [0.2, 0.25) is 0 Å². The fraction of sp³-hybridized carbons (Fsp3) is 0.455. The molecule has 0 heterocycles. The molecule has 1 aliphatic rings. The summed E-state index contributed by atoms with van der Waals surface area (Å²) >= 11 is 0. The van der Waals surface area contributed by atoms with Crippen LogP contribution in [-0.2, 0) is 4.79 Å². The van der Waals surface area contributed by atoms with Gasteiger partial charge in [-0.3, -0.25) is 4.79 Å². The number of carboxylic acid groups (broad SMARTS) is 1. The molecule has 2 atom stereocenters. The van der Waals surface area contributed by atoms with Crippen LogP contribution in [0.4, 0.5) is 0 Å². The summed E-state index contributed by atoms with van der Waals surface area (Å²) in [4.78, 5) is 10.6. The van der Waals surface area contributed by atoms with Crippen LogP contribution in [0, 0.1) is 17.2 Å². The molecule has 0 bridgehead atoms. The van der Waals surface area contributed by atoms with Crippen LogP contribution >= 0.6 is 0 Å². The highest BCUT2D eigenvalue weighted by atomic mass is 16.4. The van der Waals surface area contributed by atoms with Gasteiger partial charge in [-0.05, 0) is 24.8 Å². The van der Waals surface area contributed by atoms with Crippen molar-refractivity contribution in [1.82, 2.24) is 0 Å². The number of nitrogens with two attached hydrogens (primary N) is 1. The number of carboxylic acids is 1. The Morgan fingerprint density at radius 3 is 2.93 bits per heavy atom. The van der Waals surface area contributed by atoms with Gasteiger partial charge in [-0.2, -0.15) is 5.26 Å². The first kappa shape index (κ1) is 11.5. The molecule has 0 aromatic heterocycles. The second kappa shape index (κ2) is 4.76. The Labute approximate surface area is 88.7 Å². The van der Waals surface area contributed by atoms with E-state index in [0.717, 1.165) is 17.6 Å². The van der Waals surface area contributed by atoms with E-state index < -0.39 is 12.0 Å². The molecule has 0 aromatic rings. The highest BCUT2D eigenvalue weighted by molar-refractivity contribution is 5.73. The first-order valence-electron chi connectivity index (χ1n) is 4.82. The van der Waals surface area contributed by atoms with Gasteiger partial charge in [0.15, 0.2) is 0 Å². The fourth-order valence-electron chi connectivity index (χ4n) is 1.61. The lowest BCUT2D eigenvalue weighted by Gasteiger charge is -2.18. The average molecular weight is 206 g/mol. The van der Waals surface area contributed by atoms with E-state index >= 15 is 0 Å². The molecule has 15 heavy (non-hydrogen) atoms. The van der Waals surface area contributed by atoms with Crippen molar-refractivity contribution >= 4 is 5.97 Å². The van der Waals surface area contributed by atoms with E-state index in [4.69, 9.17) is 16.1 Å². The van der Waals surface area contributed by atoms with E-state index in [9.17, 15) is 4.79 Å². The van der Waals surface area contributed by atoms with Crippen LogP contribution in [0.15, 0.2) is 23.3 Å². The summed E-state index contributed by atoms with van der Waals surface area (Å²) < 4.78 is 0. The van der Waals surface area contributed by atoms with E-state index in [2.05, 4.69) is 6.07 Å². The molecule has 4 heteroatoms. The van der Waals surface area contributed by atoms with E-state index in [-0.39, 0.29) is 5.92 Å². The minimum atomic E-state index is -0.987. The number of hydrogen-bond acceptors (Lipinski definition) is 3. The van der Waals surface area contributed by atoms with Gasteiger partial charge in [0.1, 0.15) is 6.04 Å². The van der Waals surface area contributed by atoms with Crippen LogP contribution < -0.4 is 5.73 Å². The number of aliphatic carboxylic acids is 1. The molecule has 0 saturated carbocycles. The van der Waals surface area contributed by atoms with Crippen LogP contribution in [0.1, 0.15) is 19.8 Å². The zero-order chi connectivity index (χ0) is 11.4. The average Bonchev–Trinajstić information content (AvgIpc) is 2.18. The van der Waals surface area contributed by atoms with Crippen molar-refractivity contribution in [1.29, 1.82) is 5.26 Å². The SMILES string of the molecule is CC1CC(C[C@H](N)C(=O)O)=CC=C1C#N. The first-order valence-corrected chi connectivity index (χ1v) is 4.82. The van der Waals surface area contributed by atoms with Crippen molar-refractivity contribution in [3.05, 3.63) is 23.3 Å². The molecule has 0 radical (unpaired) electrons. The topological polar surface area (TPSA) is 87.1 Å². The molecule has 4 nitrogen and oxygen atoms in total. The standard InChI is InChI=1S/C11H14N2O2/c1-7-4-8(2-3-9(7)6-12)5-10(13)11(14)15/h2-3,7,10H,4-5,13H2,1H3,(H,14,15)/t7?,10-/m0/s1. The van der Waals surface area contributed by atoms with Gasteiger partial charge in [0.25, 0.3) is 0 Å². The van der Waals surface area contributed by atoms with Gasteiger partial charge in [0.2, 0.25) is 0 Å². The smallest absolute Gasteiger partial charge is 0.320 e. The lowest BCUT2D eigenvalue weighted by Crippen LogP contribution is -2.30. The number of hydrogen-bond donors (Lipinski definition) is 2. The van der Waals surface area contributed by atoms with Crippen molar-refractivity contribution in [3.8, 4) is 6.07 Å². The lowest BCUT2D eigenvalue weighted by atomic mass is 9.87. The summed E-state index contributed by atoms with van der Waals surface area (Å²) in [6.07, 6.45) is 4.63. The third-order valence-corrected chi connectivity index (χ3v) is 2.53. The molecular weight excluding hydrogens is 192 g/mol. The molecule has 3 N–H and O–H groups in total. The third-order valence-electron chi connectivity index (χ3n) is 2.53. The Morgan fingerprint density at radius 2 is 2.47 bits per heavy atom. The van der Waals surface area contributed by atoms with E-state index in [1.165, 1.54) is 0 Å². The Kier molecular flexibility index (Phi) is 3.64. The van der Waals surface area contributed by atoms with Crippen LogP contribution in [-0.4, -0.2) is 17.1 Å². The van der Waals surface area contributed by atoms with Crippen molar-refractivity contribution in [2.45, 2.75) is 25.8 Å². The summed E-state index contributed by atoms with van der Waals surface area (Å²) in [6.45, 7) is 1.95. The lowest BCUT2D eigenvalue weighted by molar-refractivity contribution is -0.138. The Hall–Kier alpha value is -1.60. The van der Waals surface area contributed by atoms with Crippen molar-refractivity contribution in [2.75, 3.05) is 0 Å². The van der Waals surface area contributed by atoms with Crippen molar-refractivity contribution in [3.63, 3.8) is 0 Å². The van der Waals surface area contributed by atoms with Gasteiger partial charge in [-0.1, -0.05) is 18.6 Å². The van der Waals surface area contributed by atoms with E-state index in [1.54, 1.807) is 12.2 Å². The van der Waals surface area contributed by atoms with Gasteiger partial charge in [-0.15, -0.1) is 0 Å². The van der Waals surface area contributed by atoms with Gasteiger partial charge in [0, 0.05) is 5.57 Å². The second-order valence-corrected chi connectivity index (χ2v) is 3.81. The van der Waals surface area contributed by atoms with Gasteiger partial charge >= 0.3 is 5.97 Å².